The van der Waals surface area contributed by atoms with Gasteiger partial charge in [-0.3, -0.25) is 14.4 Å². The molecule has 3 atom stereocenters. The van der Waals surface area contributed by atoms with Crippen molar-refractivity contribution in [2.45, 2.75) is 38.5 Å². The lowest BCUT2D eigenvalue weighted by Gasteiger charge is -2.48. The molecule has 2 unspecified atom stereocenters. The van der Waals surface area contributed by atoms with E-state index in [0.29, 0.717) is 17.8 Å². The number of ether oxygens (including phenoxy) is 2. The fraction of sp³-hybridized carbons (Fsp3) is 0.433. The third-order valence-corrected chi connectivity index (χ3v) is 7.63. The van der Waals surface area contributed by atoms with Crippen LogP contribution in [0.15, 0.2) is 65.9 Å². The number of carbonyl (C=O) groups excluding carboxylic acids is 3. The molecule has 4 rings (SSSR count). The summed E-state index contributed by atoms with van der Waals surface area (Å²) in [7, 11) is 1.51. The molecule has 3 amide bonds. The van der Waals surface area contributed by atoms with Crippen molar-refractivity contribution in [3.8, 4) is 0 Å². The van der Waals surface area contributed by atoms with Crippen molar-refractivity contribution >= 4 is 17.7 Å². The highest BCUT2D eigenvalue weighted by Crippen LogP contribution is 2.41. The van der Waals surface area contributed by atoms with Crippen LogP contribution >= 0.6 is 0 Å². The normalized spacial score (nSPS) is 20.3. The lowest BCUT2D eigenvalue weighted by atomic mass is 9.85. The predicted octanol–water partition coefficient (Wildman–Crippen LogP) is 2.01. The molecule has 1 fully saturated rings. The van der Waals surface area contributed by atoms with Crippen molar-refractivity contribution in [3.63, 3.8) is 0 Å². The monoisotopic (exact) mass is 552 g/mol. The van der Waals surface area contributed by atoms with E-state index >= 15 is 0 Å². The van der Waals surface area contributed by atoms with Crippen molar-refractivity contribution in [2.24, 2.45) is 11.7 Å². The van der Waals surface area contributed by atoms with Gasteiger partial charge in [-0.15, -0.1) is 0 Å². The molecule has 1 saturated heterocycles. The highest BCUT2D eigenvalue weighted by molar-refractivity contribution is 5.98. The molecule has 0 bridgehead atoms. The van der Waals surface area contributed by atoms with Crippen LogP contribution in [0.5, 0.6) is 0 Å². The van der Waals surface area contributed by atoms with E-state index in [-0.39, 0.29) is 62.9 Å². The van der Waals surface area contributed by atoms with Crippen LogP contribution < -0.4 is 11.1 Å². The van der Waals surface area contributed by atoms with Gasteiger partial charge in [0.25, 0.3) is 5.91 Å². The van der Waals surface area contributed by atoms with Crippen molar-refractivity contribution in [2.75, 3.05) is 39.9 Å². The van der Waals surface area contributed by atoms with Gasteiger partial charge < -0.3 is 30.3 Å². The van der Waals surface area contributed by atoms with Gasteiger partial charge in [0.2, 0.25) is 11.8 Å². The van der Waals surface area contributed by atoms with Gasteiger partial charge >= 0.3 is 0 Å². The van der Waals surface area contributed by atoms with E-state index in [0.717, 1.165) is 11.1 Å². The maximum atomic E-state index is 14.0. The van der Waals surface area contributed by atoms with Gasteiger partial charge in [-0.1, -0.05) is 49.4 Å². The number of carbonyl (C=O) groups is 3. The van der Waals surface area contributed by atoms with Crippen molar-refractivity contribution in [1.82, 2.24) is 15.1 Å². The molecule has 0 aromatic heterocycles. The highest BCUT2D eigenvalue weighted by atomic mass is 19.1. The molecule has 0 radical (unpaired) electrons. The smallest absolute Gasteiger partial charge is 0.253 e. The van der Waals surface area contributed by atoms with E-state index in [1.807, 2.05) is 30.3 Å². The standard InChI is InChI=1S/C30H37FN4O5/c1-20(16-32)27(36)33-25(18-40-17-23-7-5-4-6-8-23)29(38)34-13-14-35-28(37)21(2)26(39-3)30(35,19-34)15-22-9-11-24(31)12-10-22/h4-12,20,25H,13-19,32H2,1-3H3,(H,33,36)/t20?,25-,30?/m1/s1. The first-order chi connectivity index (χ1) is 19.2. The average Bonchev–Trinajstić information content (AvgIpc) is 3.17. The van der Waals surface area contributed by atoms with Gasteiger partial charge in [-0.25, -0.2) is 4.39 Å². The van der Waals surface area contributed by atoms with Crippen molar-refractivity contribution in [3.05, 3.63) is 82.9 Å². The maximum Gasteiger partial charge on any atom is 0.253 e. The molecule has 2 aliphatic heterocycles. The van der Waals surface area contributed by atoms with Gasteiger partial charge in [0.05, 0.1) is 32.4 Å². The number of methoxy groups -OCH3 is 1. The number of amides is 3. The Morgan fingerprint density at radius 3 is 2.45 bits per heavy atom. The molecule has 0 aliphatic carbocycles. The van der Waals surface area contributed by atoms with E-state index in [1.54, 1.807) is 35.8 Å². The summed E-state index contributed by atoms with van der Waals surface area (Å²) in [6, 6.07) is 14.7. The van der Waals surface area contributed by atoms with Crippen LogP contribution in [0.4, 0.5) is 4.39 Å². The SMILES string of the molecule is COC1=C(C)C(=O)N2CCN(C(=O)[C@@H](COCc3ccccc3)NC(=O)C(C)CN)CC12Cc1ccc(F)cc1. The van der Waals surface area contributed by atoms with E-state index in [1.165, 1.54) is 19.2 Å². The number of rotatable bonds is 11. The Hall–Kier alpha value is -3.76. The molecule has 2 aromatic rings. The van der Waals surface area contributed by atoms with Crippen molar-refractivity contribution in [1.29, 1.82) is 0 Å². The topological polar surface area (TPSA) is 114 Å². The number of fused-ring (bicyclic) bond motifs is 1. The molecule has 40 heavy (non-hydrogen) atoms. The minimum atomic E-state index is -0.967. The summed E-state index contributed by atoms with van der Waals surface area (Å²) in [6.07, 6.45) is 0.328. The first-order valence-electron chi connectivity index (χ1n) is 13.4. The van der Waals surface area contributed by atoms with Gasteiger partial charge in [-0.05, 0) is 30.2 Å². The summed E-state index contributed by atoms with van der Waals surface area (Å²) in [5.74, 6) is -1.18. The Kier molecular flexibility index (Phi) is 9.21. The highest BCUT2D eigenvalue weighted by Gasteiger charge is 2.55. The largest absolute Gasteiger partial charge is 0.498 e. The van der Waals surface area contributed by atoms with Crippen LogP contribution in [0.2, 0.25) is 0 Å². The first-order valence-corrected chi connectivity index (χ1v) is 13.4. The summed E-state index contributed by atoms with van der Waals surface area (Å²) >= 11 is 0. The van der Waals surface area contributed by atoms with Gasteiger partial charge in [0.15, 0.2) is 0 Å². The van der Waals surface area contributed by atoms with Gasteiger partial charge in [0.1, 0.15) is 23.2 Å². The van der Waals surface area contributed by atoms with Crippen LogP contribution in [-0.2, 0) is 36.9 Å². The molecule has 2 aromatic carbocycles. The minimum absolute atomic E-state index is 0.0349. The summed E-state index contributed by atoms with van der Waals surface area (Å²) < 4.78 is 25.3. The molecule has 2 heterocycles. The number of hydrogen-bond acceptors (Lipinski definition) is 6. The first kappa shape index (κ1) is 29.2. The van der Waals surface area contributed by atoms with E-state index in [2.05, 4.69) is 5.32 Å². The average molecular weight is 553 g/mol. The Morgan fingerprint density at radius 2 is 1.80 bits per heavy atom. The summed E-state index contributed by atoms with van der Waals surface area (Å²) in [5, 5.41) is 2.82. The maximum absolute atomic E-state index is 14.0. The second-order valence-corrected chi connectivity index (χ2v) is 10.4. The molecular weight excluding hydrogens is 515 g/mol. The number of hydrogen-bond donors (Lipinski definition) is 2. The number of nitrogens with one attached hydrogen (secondary N) is 1. The summed E-state index contributed by atoms with van der Waals surface area (Å²) in [5.41, 5.74) is 6.94. The second kappa shape index (κ2) is 12.6. The van der Waals surface area contributed by atoms with Crippen LogP contribution in [0.3, 0.4) is 0 Å². The second-order valence-electron chi connectivity index (χ2n) is 10.4. The van der Waals surface area contributed by atoms with Crippen LogP contribution in [-0.4, -0.2) is 79.0 Å². The quantitative estimate of drug-likeness (QED) is 0.441. The third kappa shape index (κ3) is 6.03. The van der Waals surface area contributed by atoms with Gasteiger partial charge in [0, 0.05) is 32.0 Å². The third-order valence-electron chi connectivity index (χ3n) is 7.63. The molecule has 9 nitrogen and oxygen atoms in total. The fourth-order valence-corrected chi connectivity index (χ4v) is 5.44. The van der Waals surface area contributed by atoms with E-state index < -0.39 is 17.5 Å². The number of nitrogens with two attached hydrogens (primary N) is 1. The molecule has 10 heteroatoms. The molecule has 3 N–H and O–H groups in total. The molecule has 214 valence electrons. The number of piperazine rings is 1. The Bertz CT molecular complexity index is 1250. The number of halogens is 1. The van der Waals surface area contributed by atoms with Crippen molar-refractivity contribution < 1.29 is 28.2 Å². The van der Waals surface area contributed by atoms with E-state index in [4.69, 9.17) is 15.2 Å². The summed E-state index contributed by atoms with van der Waals surface area (Å²) in [4.78, 5) is 43.4. The van der Waals surface area contributed by atoms with E-state index in [9.17, 15) is 18.8 Å². The molecular formula is C30H37FN4O5. The zero-order valence-electron chi connectivity index (χ0n) is 23.2. The lowest BCUT2D eigenvalue weighted by molar-refractivity contribution is -0.147. The Morgan fingerprint density at radius 1 is 1.10 bits per heavy atom. The molecule has 2 aliphatic rings. The van der Waals surface area contributed by atoms with Gasteiger partial charge in [-0.2, -0.15) is 0 Å². The summed E-state index contributed by atoms with van der Waals surface area (Å²) in [6.45, 7) is 4.49. The number of benzene rings is 2. The Labute approximate surface area is 234 Å². The fourth-order valence-electron chi connectivity index (χ4n) is 5.44. The predicted molar refractivity (Wildman–Crippen MR) is 147 cm³/mol. The minimum Gasteiger partial charge on any atom is -0.498 e. The molecule has 0 spiro atoms. The lowest BCUT2D eigenvalue weighted by Crippen LogP contribution is -2.66. The number of nitrogens with zero attached hydrogens (tertiary/aromatic N) is 2. The van der Waals surface area contributed by atoms with Crippen LogP contribution in [0.25, 0.3) is 0 Å². The van der Waals surface area contributed by atoms with Crippen LogP contribution in [0.1, 0.15) is 25.0 Å². The molecule has 0 saturated carbocycles. The zero-order valence-corrected chi connectivity index (χ0v) is 23.2. The zero-order chi connectivity index (χ0) is 28.9. The Balaban J connectivity index is 1.59. The van der Waals surface area contributed by atoms with Crippen LogP contribution in [0, 0.1) is 11.7 Å².